The maximum absolute atomic E-state index is 4.50. The largest absolute Gasteiger partial charge is 0.356 e. The van der Waals surface area contributed by atoms with Crippen molar-refractivity contribution in [3.8, 4) is 0 Å². The summed E-state index contributed by atoms with van der Waals surface area (Å²) in [7, 11) is 4.35. The van der Waals surface area contributed by atoms with E-state index in [-0.39, 0.29) is 0 Å². The summed E-state index contributed by atoms with van der Waals surface area (Å²) in [6.07, 6.45) is 7.28. The fraction of sp³-hybridized carbons (Fsp3) is 0.571. The van der Waals surface area contributed by atoms with E-state index in [9.17, 15) is 0 Å². The minimum Gasteiger partial charge on any atom is -0.356 e. The number of nitrogens with zero attached hydrogens (tertiary/aromatic N) is 4. The number of aromatic nitrogens is 3. The molecule has 0 saturated carbocycles. The summed E-state index contributed by atoms with van der Waals surface area (Å²) in [5.74, 6) is 1.07. The van der Waals surface area contributed by atoms with Gasteiger partial charge in [0.1, 0.15) is 17.8 Å². The second kappa shape index (κ2) is 5.17. The van der Waals surface area contributed by atoms with Crippen LogP contribution < -0.4 is 4.90 Å². The van der Waals surface area contributed by atoms with E-state index in [1.54, 1.807) is 6.33 Å². The van der Waals surface area contributed by atoms with Gasteiger partial charge in [0.25, 0.3) is 0 Å². The molecule has 2 aromatic rings. The molecule has 0 bridgehead atoms. The van der Waals surface area contributed by atoms with Gasteiger partial charge in [0.2, 0.25) is 0 Å². The van der Waals surface area contributed by atoms with E-state index in [1.807, 2.05) is 6.20 Å². The molecule has 5 heteroatoms. The number of aromatic amines is 1. The molecule has 0 amide bonds. The summed E-state index contributed by atoms with van der Waals surface area (Å²) in [6, 6.07) is 2.76. The van der Waals surface area contributed by atoms with Gasteiger partial charge in [0.05, 0.1) is 5.39 Å². The molecular weight excluding hydrogens is 238 g/mol. The number of rotatable bonds is 2. The molecule has 1 atom stereocenters. The first-order chi connectivity index (χ1) is 9.25. The molecule has 0 spiro atoms. The molecule has 3 rings (SSSR count). The third-order valence-electron chi connectivity index (χ3n) is 4.06. The first kappa shape index (κ1) is 12.4. The molecule has 1 unspecified atom stereocenters. The summed E-state index contributed by atoms with van der Waals surface area (Å²) in [5, 5.41) is 1.13. The van der Waals surface area contributed by atoms with Gasteiger partial charge in [0, 0.05) is 25.3 Å². The van der Waals surface area contributed by atoms with Gasteiger partial charge < -0.3 is 14.8 Å². The third kappa shape index (κ3) is 2.42. The summed E-state index contributed by atoms with van der Waals surface area (Å²) in [6.45, 7) is 2.15. The van der Waals surface area contributed by atoms with Crippen molar-refractivity contribution in [1.29, 1.82) is 0 Å². The minimum absolute atomic E-state index is 0.688. The molecule has 1 aliphatic rings. The quantitative estimate of drug-likeness (QED) is 0.894. The average molecular weight is 259 g/mol. The predicted octanol–water partition coefficient (Wildman–Crippen LogP) is 1.88. The molecule has 102 valence electrons. The van der Waals surface area contributed by atoms with Gasteiger partial charge in [-0.3, -0.25) is 0 Å². The first-order valence-corrected chi connectivity index (χ1v) is 6.95. The lowest BCUT2D eigenvalue weighted by atomic mass is 10.1. The van der Waals surface area contributed by atoms with Gasteiger partial charge in [-0.15, -0.1) is 0 Å². The van der Waals surface area contributed by atoms with E-state index in [4.69, 9.17) is 0 Å². The van der Waals surface area contributed by atoms with Crippen LogP contribution in [-0.4, -0.2) is 53.1 Å². The van der Waals surface area contributed by atoms with Crippen molar-refractivity contribution in [3.05, 3.63) is 18.6 Å². The zero-order chi connectivity index (χ0) is 13.2. The van der Waals surface area contributed by atoms with Crippen LogP contribution in [-0.2, 0) is 0 Å². The highest BCUT2D eigenvalue weighted by Crippen LogP contribution is 2.25. The van der Waals surface area contributed by atoms with Crippen molar-refractivity contribution < 1.29 is 0 Å². The minimum atomic E-state index is 0.688. The van der Waals surface area contributed by atoms with Gasteiger partial charge in [-0.1, -0.05) is 0 Å². The van der Waals surface area contributed by atoms with Crippen LogP contribution in [0.25, 0.3) is 11.0 Å². The highest BCUT2D eigenvalue weighted by atomic mass is 15.2. The highest BCUT2D eigenvalue weighted by molar-refractivity contribution is 5.87. The fourth-order valence-corrected chi connectivity index (χ4v) is 2.92. The Morgan fingerprint density at radius 1 is 1.26 bits per heavy atom. The van der Waals surface area contributed by atoms with Gasteiger partial charge in [0.15, 0.2) is 0 Å². The zero-order valence-corrected chi connectivity index (χ0v) is 11.6. The van der Waals surface area contributed by atoms with Crippen molar-refractivity contribution in [1.82, 2.24) is 19.9 Å². The second-order valence-electron chi connectivity index (χ2n) is 5.47. The Morgan fingerprint density at radius 3 is 3.00 bits per heavy atom. The van der Waals surface area contributed by atoms with Crippen molar-refractivity contribution in [2.75, 3.05) is 32.1 Å². The number of H-pyrrole nitrogens is 1. The van der Waals surface area contributed by atoms with E-state index in [1.165, 1.54) is 19.3 Å². The summed E-state index contributed by atoms with van der Waals surface area (Å²) in [4.78, 5) is 16.7. The summed E-state index contributed by atoms with van der Waals surface area (Å²) >= 11 is 0. The van der Waals surface area contributed by atoms with Crippen LogP contribution in [0.2, 0.25) is 0 Å². The van der Waals surface area contributed by atoms with Crippen LogP contribution >= 0.6 is 0 Å². The molecule has 1 fully saturated rings. The molecule has 1 aliphatic heterocycles. The number of hydrogen-bond donors (Lipinski definition) is 1. The Balaban J connectivity index is 1.84. The van der Waals surface area contributed by atoms with Crippen molar-refractivity contribution in [2.45, 2.75) is 25.3 Å². The van der Waals surface area contributed by atoms with Crippen LogP contribution in [0.1, 0.15) is 19.3 Å². The van der Waals surface area contributed by atoms with E-state index in [0.29, 0.717) is 6.04 Å². The normalized spacial score (nSPS) is 21.0. The van der Waals surface area contributed by atoms with Crippen molar-refractivity contribution >= 4 is 16.9 Å². The molecule has 5 nitrogen and oxygen atoms in total. The van der Waals surface area contributed by atoms with Crippen LogP contribution in [0.4, 0.5) is 5.82 Å². The number of nitrogens with one attached hydrogen (secondary N) is 1. The third-order valence-corrected chi connectivity index (χ3v) is 4.06. The first-order valence-electron chi connectivity index (χ1n) is 6.95. The van der Waals surface area contributed by atoms with Crippen LogP contribution in [0.5, 0.6) is 0 Å². The maximum atomic E-state index is 4.50. The molecule has 1 saturated heterocycles. The van der Waals surface area contributed by atoms with Gasteiger partial charge in [-0.2, -0.15) is 0 Å². The lowest BCUT2D eigenvalue weighted by Gasteiger charge is -2.24. The molecule has 0 aromatic carbocycles. The SMILES string of the molecule is CN(C)C1CCCN(c2ncnc3[nH]ccc23)CC1. The zero-order valence-electron chi connectivity index (χ0n) is 11.6. The Morgan fingerprint density at radius 2 is 2.16 bits per heavy atom. The Labute approximate surface area is 113 Å². The number of anilines is 1. The Bertz CT molecular complexity index is 548. The number of hydrogen-bond acceptors (Lipinski definition) is 4. The summed E-state index contributed by atoms with van der Waals surface area (Å²) in [5.41, 5.74) is 0.929. The monoisotopic (exact) mass is 259 g/mol. The molecular formula is C14H21N5. The smallest absolute Gasteiger partial charge is 0.142 e. The second-order valence-corrected chi connectivity index (χ2v) is 5.47. The standard InChI is InChI=1S/C14H21N5/c1-18(2)11-4-3-8-19(9-6-11)14-12-5-7-15-13(12)16-10-17-14/h5,7,10-11H,3-4,6,8-9H2,1-2H3,(H,15,16,17). The Hall–Kier alpha value is -1.62. The summed E-state index contributed by atoms with van der Waals surface area (Å²) < 4.78 is 0. The van der Waals surface area contributed by atoms with Crippen molar-refractivity contribution in [3.63, 3.8) is 0 Å². The lowest BCUT2D eigenvalue weighted by molar-refractivity contribution is 0.272. The predicted molar refractivity (Wildman–Crippen MR) is 77.4 cm³/mol. The lowest BCUT2D eigenvalue weighted by Crippen LogP contribution is -2.30. The molecule has 2 aromatic heterocycles. The van der Waals surface area contributed by atoms with Crippen LogP contribution in [0.3, 0.4) is 0 Å². The van der Waals surface area contributed by atoms with Crippen LogP contribution in [0, 0.1) is 0 Å². The van der Waals surface area contributed by atoms with E-state index >= 15 is 0 Å². The van der Waals surface area contributed by atoms with Crippen molar-refractivity contribution in [2.24, 2.45) is 0 Å². The van der Waals surface area contributed by atoms with E-state index in [0.717, 1.165) is 29.9 Å². The molecule has 3 heterocycles. The fourth-order valence-electron chi connectivity index (χ4n) is 2.92. The molecule has 1 N–H and O–H groups in total. The van der Waals surface area contributed by atoms with Gasteiger partial charge >= 0.3 is 0 Å². The molecule has 0 aliphatic carbocycles. The maximum Gasteiger partial charge on any atom is 0.142 e. The molecule has 19 heavy (non-hydrogen) atoms. The average Bonchev–Trinajstić information content (AvgIpc) is 2.74. The van der Waals surface area contributed by atoms with E-state index in [2.05, 4.69) is 44.9 Å². The molecule has 0 radical (unpaired) electrons. The number of fused-ring (bicyclic) bond motifs is 1. The Kier molecular flexibility index (Phi) is 3.38. The van der Waals surface area contributed by atoms with Gasteiger partial charge in [-0.25, -0.2) is 9.97 Å². The van der Waals surface area contributed by atoms with Gasteiger partial charge in [-0.05, 0) is 39.4 Å². The highest BCUT2D eigenvalue weighted by Gasteiger charge is 2.20. The topological polar surface area (TPSA) is 48.1 Å². The van der Waals surface area contributed by atoms with E-state index < -0.39 is 0 Å². The van der Waals surface area contributed by atoms with Crippen LogP contribution in [0.15, 0.2) is 18.6 Å².